The number of hydrogen-bond donors (Lipinski definition) is 0. The molecule has 2 aliphatic rings. The predicted molar refractivity (Wildman–Crippen MR) is 104 cm³/mol. The summed E-state index contributed by atoms with van der Waals surface area (Å²) in [6, 6.07) is 7.23. The van der Waals surface area contributed by atoms with Gasteiger partial charge >= 0.3 is 0 Å². The Hall–Kier alpha value is -3.07. The van der Waals surface area contributed by atoms with Crippen LogP contribution in [0.25, 0.3) is 11.5 Å². The van der Waals surface area contributed by atoms with E-state index in [0.717, 1.165) is 18.4 Å². The molecule has 1 fully saturated rings. The van der Waals surface area contributed by atoms with E-state index in [0.29, 0.717) is 42.1 Å². The number of fused-ring (bicyclic) bond motifs is 1. The third kappa shape index (κ3) is 3.77. The summed E-state index contributed by atoms with van der Waals surface area (Å²) >= 11 is 1.58. The van der Waals surface area contributed by atoms with Crippen molar-refractivity contribution in [2.24, 2.45) is 0 Å². The van der Waals surface area contributed by atoms with Gasteiger partial charge in [0.15, 0.2) is 18.1 Å². The molecule has 1 saturated heterocycles. The lowest BCUT2D eigenvalue weighted by Crippen LogP contribution is -2.41. The topological polar surface area (TPSA) is 86.9 Å². The number of hydrogen-bond acceptors (Lipinski definition) is 8. The molecule has 3 aromatic rings. The molecule has 0 N–H and O–H groups in total. The van der Waals surface area contributed by atoms with Crippen LogP contribution in [0.5, 0.6) is 17.2 Å². The van der Waals surface area contributed by atoms with Gasteiger partial charge in [-0.2, -0.15) is 11.3 Å². The number of carbonyl (C=O) groups is 1. The number of benzene rings is 1. The van der Waals surface area contributed by atoms with Crippen LogP contribution < -0.4 is 14.2 Å². The molecule has 8 nitrogen and oxygen atoms in total. The van der Waals surface area contributed by atoms with Crippen LogP contribution in [0.4, 0.5) is 0 Å². The highest BCUT2D eigenvalue weighted by Crippen LogP contribution is 2.35. The molecule has 0 saturated carbocycles. The van der Waals surface area contributed by atoms with Crippen molar-refractivity contribution < 1.29 is 23.4 Å². The van der Waals surface area contributed by atoms with Crippen LogP contribution >= 0.6 is 11.3 Å². The number of ether oxygens (including phenoxy) is 3. The lowest BCUT2D eigenvalue weighted by molar-refractivity contribution is -0.134. The number of carbonyl (C=O) groups excluding carboxylic acids is 1. The molecule has 150 valence electrons. The fourth-order valence-electron chi connectivity index (χ4n) is 3.51. The molecule has 0 bridgehead atoms. The molecular formula is C20H19N3O5S. The number of piperidine rings is 1. The van der Waals surface area contributed by atoms with Gasteiger partial charge in [0, 0.05) is 30.1 Å². The molecule has 1 amide bonds. The summed E-state index contributed by atoms with van der Waals surface area (Å²) in [5.41, 5.74) is 0.926. The van der Waals surface area contributed by atoms with Crippen molar-refractivity contribution in [3.8, 4) is 28.7 Å². The summed E-state index contributed by atoms with van der Waals surface area (Å²) in [6.07, 6.45) is 1.80. The molecule has 0 spiro atoms. The Morgan fingerprint density at radius 3 is 3.07 bits per heavy atom. The first-order valence-electron chi connectivity index (χ1n) is 9.42. The minimum absolute atomic E-state index is 0.0314. The standard InChI is InChI=1S/C20H19N3O5S/c24-18(10-25-15-3-4-16-17(8-15)27-12-26-16)23-6-1-2-13(9-23)19-21-22-20(28-19)14-5-7-29-11-14/h3-5,7-8,11,13H,1-2,6,9-10,12H2/t13-/m0/s1. The van der Waals surface area contributed by atoms with E-state index in [2.05, 4.69) is 10.2 Å². The summed E-state index contributed by atoms with van der Waals surface area (Å²) in [7, 11) is 0. The van der Waals surface area contributed by atoms with E-state index in [4.69, 9.17) is 18.6 Å². The molecule has 1 aromatic carbocycles. The van der Waals surface area contributed by atoms with Crippen molar-refractivity contribution in [1.29, 1.82) is 0 Å². The number of rotatable bonds is 5. The van der Waals surface area contributed by atoms with Crippen molar-refractivity contribution in [2.75, 3.05) is 26.5 Å². The Kier molecular flexibility index (Phi) is 4.81. The number of nitrogens with zero attached hydrogens (tertiary/aromatic N) is 3. The maximum Gasteiger partial charge on any atom is 0.260 e. The van der Waals surface area contributed by atoms with Gasteiger partial charge in [-0.15, -0.1) is 10.2 Å². The zero-order chi connectivity index (χ0) is 19.6. The summed E-state index contributed by atoms with van der Waals surface area (Å²) in [6.45, 7) is 1.42. The van der Waals surface area contributed by atoms with Crippen LogP contribution in [-0.4, -0.2) is 47.5 Å². The summed E-state index contributed by atoms with van der Waals surface area (Å²) < 4.78 is 22.1. The van der Waals surface area contributed by atoms with Crippen LogP contribution in [-0.2, 0) is 4.79 Å². The Bertz CT molecular complexity index is 1000. The van der Waals surface area contributed by atoms with Gasteiger partial charge in [0.2, 0.25) is 18.6 Å². The molecule has 1 atom stereocenters. The SMILES string of the molecule is O=C(COc1ccc2c(c1)OCO2)N1CCC[C@H](c2nnc(-c3ccsc3)o2)C1. The number of thiophene rings is 1. The summed E-state index contributed by atoms with van der Waals surface area (Å²) in [4.78, 5) is 14.5. The zero-order valence-electron chi connectivity index (χ0n) is 15.6. The Balaban J connectivity index is 1.20. The third-order valence-corrected chi connectivity index (χ3v) is 5.72. The van der Waals surface area contributed by atoms with Crippen molar-refractivity contribution in [2.45, 2.75) is 18.8 Å². The Morgan fingerprint density at radius 1 is 1.24 bits per heavy atom. The molecule has 9 heteroatoms. The van der Waals surface area contributed by atoms with E-state index in [-0.39, 0.29) is 25.2 Å². The van der Waals surface area contributed by atoms with Crippen molar-refractivity contribution in [3.63, 3.8) is 0 Å². The highest BCUT2D eigenvalue weighted by Gasteiger charge is 2.29. The zero-order valence-corrected chi connectivity index (χ0v) is 16.4. The van der Waals surface area contributed by atoms with Crippen LogP contribution in [0.1, 0.15) is 24.7 Å². The first-order chi connectivity index (χ1) is 14.3. The van der Waals surface area contributed by atoms with Gasteiger partial charge in [-0.1, -0.05) is 0 Å². The van der Waals surface area contributed by atoms with E-state index in [9.17, 15) is 4.79 Å². The van der Waals surface area contributed by atoms with E-state index < -0.39 is 0 Å². The second-order valence-electron chi connectivity index (χ2n) is 6.94. The maximum atomic E-state index is 12.7. The van der Waals surface area contributed by atoms with Crippen molar-refractivity contribution in [1.82, 2.24) is 15.1 Å². The fourth-order valence-corrected chi connectivity index (χ4v) is 4.14. The lowest BCUT2D eigenvalue weighted by atomic mass is 9.98. The van der Waals surface area contributed by atoms with Crippen LogP contribution in [0, 0.1) is 0 Å². The van der Waals surface area contributed by atoms with Crippen LogP contribution in [0.15, 0.2) is 39.4 Å². The van der Waals surface area contributed by atoms with Gasteiger partial charge in [-0.3, -0.25) is 4.79 Å². The van der Waals surface area contributed by atoms with Gasteiger partial charge in [0.05, 0.1) is 5.92 Å². The average molecular weight is 413 g/mol. The smallest absolute Gasteiger partial charge is 0.260 e. The van der Waals surface area contributed by atoms with E-state index >= 15 is 0 Å². The quantitative estimate of drug-likeness (QED) is 0.634. The van der Waals surface area contributed by atoms with Gasteiger partial charge in [0.25, 0.3) is 5.91 Å². The fraction of sp³-hybridized carbons (Fsp3) is 0.350. The molecule has 2 aliphatic heterocycles. The summed E-state index contributed by atoms with van der Waals surface area (Å²) in [5, 5.41) is 12.3. The molecule has 5 rings (SSSR count). The molecule has 2 aromatic heterocycles. The van der Waals surface area contributed by atoms with E-state index in [1.807, 2.05) is 16.8 Å². The van der Waals surface area contributed by atoms with Crippen molar-refractivity contribution >= 4 is 17.2 Å². The number of likely N-dealkylation sites (tertiary alicyclic amines) is 1. The third-order valence-electron chi connectivity index (χ3n) is 5.04. The second kappa shape index (κ2) is 7.75. The molecule has 4 heterocycles. The van der Waals surface area contributed by atoms with Crippen LogP contribution in [0.2, 0.25) is 0 Å². The maximum absolute atomic E-state index is 12.7. The largest absolute Gasteiger partial charge is 0.484 e. The first-order valence-corrected chi connectivity index (χ1v) is 10.4. The van der Waals surface area contributed by atoms with E-state index in [1.165, 1.54) is 0 Å². The van der Waals surface area contributed by atoms with Gasteiger partial charge < -0.3 is 23.5 Å². The lowest BCUT2D eigenvalue weighted by Gasteiger charge is -2.31. The Labute approximate surface area is 171 Å². The number of aromatic nitrogens is 2. The minimum atomic E-state index is -0.0649. The highest BCUT2D eigenvalue weighted by molar-refractivity contribution is 7.08. The Morgan fingerprint density at radius 2 is 2.17 bits per heavy atom. The molecule has 29 heavy (non-hydrogen) atoms. The van der Waals surface area contributed by atoms with Crippen LogP contribution in [0.3, 0.4) is 0 Å². The van der Waals surface area contributed by atoms with Gasteiger partial charge in [-0.25, -0.2) is 0 Å². The van der Waals surface area contributed by atoms with E-state index in [1.54, 1.807) is 34.4 Å². The number of amides is 1. The van der Waals surface area contributed by atoms with Crippen molar-refractivity contribution in [3.05, 3.63) is 40.9 Å². The highest BCUT2D eigenvalue weighted by atomic mass is 32.1. The first kappa shape index (κ1) is 18.0. The van der Waals surface area contributed by atoms with Gasteiger partial charge in [0.1, 0.15) is 5.75 Å². The summed E-state index contributed by atoms with van der Waals surface area (Å²) in [5.74, 6) is 2.97. The molecule has 0 aliphatic carbocycles. The van der Waals surface area contributed by atoms with Gasteiger partial charge in [-0.05, 0) is 36.4 Å². The normalized spacial score (nSPS) is 18.1. The molecule has 0 unspecified atom stereocenters. The molecular weight excluding hydrogens is 394 g/mol. The monoisotopic (exact) mass is 413 g/mol. The predicted octanol–water partition coefficient (Wildman–Crippen LogP) is 3.31. The average Bonchev–Trinajstić information content (AvgIpc) is 3.52. The molecule has 0 radical (unpaired) electrons. The minimum Gasteiger partial charge on any atom is -0.484 e. The second-order valence-corrected chi connectivity index (χ2v) is 7.72.